The van der Waals surface area contributed by atoms with Crippen molar-refractivity contribution in [3.63, 3.8) is 0 Å². The van der Waals surface area contributed by atoms with Crippen molar-refractivity contribution in [3.8, 4) is 5.75 Å². The van der Waals surface area contributed by atoms with E-state index in [2.05, 4.69) is 5.10 Å². The average molecular weight is 301 g/mol. The molecule has 114 valence electrons. The zero-order chi connectivity index (χ0) is 15.7. The maximum Gasteiger partial charge on any atom is 0.356 e. The number of carboxylic acid groups (broad SMARTS) is 1. The molecule has 0 saturated carbocycles. The van der Waals surface area contributed by atoms with Crippen LogP contribution in [-0.4, -0.2) is 45.3 Å². The molecule has 1 aliphatic rings. The standard InChI is InChI=1S/C15H15N3O4/c1-22-12-4-2-10(3-5-12)14(19)17-6-7-18-11(9-17)8-13(16-18)15(20)21/h2-5,8H,6-7,9H2,1H3,(H,20,21). The van der Waals surface area contributed by atoms with Gasteiger partial charge in [0.15, 0.2) is 5.69 Å². The Morgan fingerprint density at radius 3 is 2.59 bits per heavy atom. The molecule has 0 fully saturated rings. The molecule has 7 heteroatoms. The fraction of sp³-hybridized carbons (Fsp3) is 0.267. The summed E-state index contributed by atoms with van der Waals surface area (Å²) in [6.45, 7) is 1.34. The van der Waals surface area contributed by atoms with E-state index in [-0.39, 0.29) is 11.6 Å². The van der Waals surface area contributed by atoms with Crippen LogP contribution in [0.3, 0.4) is 0 Å². The molecule has 1 N–H and O–H groups in total. The van der Waals surface area contributed by atoms with E-state index in [1.165, 1.54) is 6.07 Å². The Bertz CT molecular complexity index is 721. The third-order valence-corrected chi connectivity index (χ3v) is 3.64. The van der Waals surface area contributed by atoms with Crippen molar-refractivity contribution in [3.05, 3.63) is 47.3 Å². The van der Waals surface area contributed by atoms with Crippen LogP contribution >= 0.6 is 0 Å². The SMILES string of the molecule is COc1ccc(C(=O)N2CCn3nc(C(=O)O)cc3C2)cc1. The number of hydrogen-bond acceptors (Lipinski definition) is 4. The van der Waals surface area contributed by atoms with Crippen molar-refractivity contribution in [2.75, 3.05) is 13.7 Å². The Labute approximate surface area is 126 Å². The number of aromatic nitrogens is 2. The molecule has 0 spiro atoms. The summed E-state index contributed by atoms with van der Waals surface area (Å²) < 4.78 is 6.71. The number of nitrogens with zero attached hydrogens (tertiary/aromatic N) is 3. The van der Waals surface area contributed by atoms with E-state index in [1.807, 2.05) is 0 Å². The summed E-state index contributed by atoms with van der Waals surface area (Å²) in [5.41, 5.74) is 1.31. The third kappa shape index (κ3) is 2.52. The first kappa shape index (κ1) is 14.1. The minimum atomic E-state index is -1.06. The summed E-state index contributed by atoms with van der Waals surface area (Å²) in [6.07, 6.45) is 0. The third-order valence-electron chi connectivity index (χ3n) is 3.64. The van der Waals surface area contributed by atoms with Crippen LogP contribution in [0.4, 0.5) is 0 Å². The van der Waals surface area contributed by atoms with E-state index >= 15 is 0 Å². The zero-order valence-electron chi connectivity index (χ0n) is 12.0. The lowest BCUT2D eigenvalue weighted by molar-refractivity contribution is 0.0680. The number of aromatic carboxylic acids is 1. The molecule has 0 radical (unpaired) electrons. The van der Waals surface area contributed by atoms with Crippen molar-refractivity contribution in [2.45, 2.75) is 13.1 Å². The van der Waals surface area contributed by atoms with Gasteiger partial charge in [-0.15, -0.1) is 0 Å². The number of benzene rings is 1. The van der Waals surface area contributed by atoms with E-state index in [0.717, 1.165) is 5.69 Å². The lowest BCUT2D eigenvalue weighted by atomic mass is 10.1. The number of ether oxygens (including phenoxy) is 1. The first-order valence-electron chi connectivity index (χ1n) is 6.82. The molecule has 22 heavy (non-hydrogen) atoms. The van der Waals surface area contributed by atoms with Gasteiger partial charge in [-0.2, -0.15) is 5.10 Å². The smallest absolute Gasteiger partial charge is 0.356 e. The summed E-state index contributed by atoms with van der Waals surface area (Å²) in [4.78, 5) is 25.1. The molecule has 0 atom stereocenters. The van der Waals surface area contributed by atoms with Crippen molar-refractivity contribution in [2.24, 2.45) is 0 Å². The first-order valence-corrected chi connectivity index (χ1v) is 6.82. The summed E-state index contributed by atoms with van der Waals surface area (Å²) >= 11 is 0. The van der Waals surface area contributed by atoms with Crippen LogP contribution in [0.25, 0.3) is 0 Å². The number of carbonyl (C=O) groups is 2. The van der Waals surface area contributed by atoms with Crippen LogP contribution in [0.1, 0.15) is 26.5 Å². The lowest BCUT2D eigenvalue weighted by Crippen LogP contribution is -2.38. The molecule has 7 nitrogen and oxygen atoms in total. The highest BCUT2D eigenvalue weighted by molar-refractivity contribution is 5.94. The number of rotatable bonds is 3. The molecular formula is C15H15N3O4. The van der Waals surface area contributed by atoms with Crippen LogP contribution in [0.15, 0.2) is 30.3 Å². The number of carbonyl (C=O) groups excluding carboxylic acids is 1. The number of amides is 1. The van der Waals surface area contributed by atoms with Gasteiger partial charge in [0, 0.05) is 12.1 Å². The highest BCUT2D eigenvalue weighted by atomic mass is 16.5. The largest absolute Gasteiger partial charge is 0.497 e. The molecule has 2 heterocycles. The molecule has 3 rings (SSSR count). The van der Waals surface area contributed by atoms with Gasteiger partial charge in [0.05, 0.1) is 25.9 Å². The number of carboxylic acids is 1. The van der Waals surface area contributed by atoms with Crippen molar-refractivity contribution >= 4 is 11.9 Å². The van der Waals surface area contributed by atoms with Crippen LogP contribution in [0.5, 0.6) is 5.75 Å². The van der Waals surface area contributed by atoms with Crippen LogP contribution in [0, 0.1) is 0 Å². The van der Waals surface area contributed by atoms with E-state index in [1.54, 1.807) is 41.0 Å². The predicted octanol–water partition coefficient (Wildman–Crippen LogP) is 1.25. The van der Waals surface area contributed by atoms with Gasteiger partial charge in [-0.3, -0.25) is 9.48 Å². The second-order valence-corrected chi connectivity index (χ2v) is 5.00. The molecule has 1 aromatic carbocycles. The number of hydrogen-bond donors (Lipinski definition) is 1. The summed E-state index contributed by atoms with van der Waals surface area (Å²) in [6, 6.07) is 8.43. The molecule has 0 saturated heterocycles. The fourth-order valence-corrected chi connectivity index (χ4v) is 2.46. The quantitative estimate of drug-likeness (QED) is 0.922. The fourth-order valence-electron chi connectivity index (χ4n) is 2.46. The Kier molecular flexibility index (Phi) is 3.54. The molecule has 0 bridgehead atoms. The van der Waals surface area contributed by atoms with Crippen molar-refractivity contribution in [1.82, 2.24) is 14.7 Å². The molecule has 0 unspecified atom stereocenters. The van der Waals surface area contributed by atoms with Gasteiger partial charge < -0.3 is 14.7 Å². The Hall–Kier alpha value is -2.83. The second-order valence-electron chi connectivity index (χ2n) is 5.00. The van der Waals surface area contributed by atoms with E-state index in [0.29, 0.717) is 30.9 Å². The summed E-state index contributed by atoms with van der Waals surface area (Å²) in [5, 5.41) is 13.0. The lowest BCUT2D eigenvalue weighted by Gasteiger charge is -2.27. The zero-order valence-corrected chi connectivity index (χ0v) is 12.0. The molecule has 1 aromatic heterocycles. The topological polar surface area (TPSA) is 84.7 Å². The highest BCUT2D eigenvalue weighted by Crippen LogP contribution is 2.18. The molecule has 1 aliphatic heterocycles. The van der Waals surface area contributed by atoms with Gasteiger partial charge in [0.2, 0.25) is 0 Å². The van der Waals surface area contributed by atoms with Gasteiger partial charge >= 0.3 is 5.97 Å². The van der Waals surface area contributed by atoms with Gasteiger partial charge in [-0.25, -0.2) is 4.79 Å². The van der Waals surface area contributed by atoms with E-state index < -0.39 is 5.97 Å². The number of fused-ring (bicyclic) bond motifs is 1. The minimum Gasteiger partial charge on any atom is -0.497 e. The second kappa shape index (κ2) is 5.51. The minimum absolute atomic E-state index is 0.00810. The van der Waals surface area contributed by atoms with E-state index in [9.17, 15) is 9.59 Å². The van der Waals surface area contributed by atoms with Gasteiger partial charge in [0.1, 0.15) is 5.75 Å². The summed E-state index contributed by atoms with van der Waals surface area (Å²) in [7, 11) is 1.57. The van der Waals surface area contributed by atoms with Gasteiger partial charge in [-0.05, 0) is 30.3 Å². The maximum absolute atomic E-state index is 12.5. The first-order chi connectivity index (χ1) is 10.6. The molecule has 1 amide bonds. The van der Waals surface area contributed by atoms with Crippen LogP contribution < -0.4 is 4.74 Å². The molecule has 0 aliphatic carbocycles. The van der Waals surface area contributed by atoms with Crippen molar-refractivity contribution < 1.29 is 19.4 Å². The van der Waals surface area contributed by atoms with Crippen LogP contribution in [0.2, 0.25) is 0 Å². The predicted molar refractivity (Wildman–Crippen MR) is 76.9 cm³/mol. The van der Waals surface area contributed by atoms with Gasteiger partial charge in [-0.1, -0.05) is 0 Å². The summed E-state index contributed by atoms with van der Waals surface area (Å²) in [5.74, 6) is -0.457. The normalized spacial score (nSPS) is 13.6. The highest BCUT2D eigenvalue weighted by Gasteiger charge is 2.24. The molecule has 2 aromatic rings. The monoisotopic (exact) mass is 301 g/mol. The average Bonchev–Trinajstić information content (AvgIpc) is 2.97. The number of methoxy groups -OCH3 is 1. The Balaban J connectivity index is 1.78. The van der Waals surface area contributed by atoms with E-state index in [4.69, 9.17) is 9.84 Å². The Morgan fingerprint density at radius 1 is 1.23 bits per heavy atom. The van der Waals surface area contributed by atoms with Gasteiger partial charge in [0.25, 0.3) is 5.91 Å². The van der Waals surface area contributed by atoms with Crippen molar-refractivity contribution in [1.29, 1.82) is 0 Å². The van der Waals surface area contributed by atoms with Crippen LogP contribution in [-0.2, 0) is 13.1 Å². The maximum atomic E-state index is 12.5. The molecular weight excluding hydrogens is 286 g/mol. The Morgan fingerprint density at radius 2 is 1.95 bits per heavy atom.